The highest BCUT2D eigenvalue weighted by Crippen LogP contribution is 2.27. The van der Waals surface area contributed by atoms with Crippen molar-refractivity contribution in [1.82, 2.24) is 9.78 Å². The van der Waals surface area contributed by atoms with Crippen LogP contribution in [0.1, 0.15) is 39.1 Å². The molecule has 0 amide bonds. The van der Waals surface area contributed by atoms with E-state index in [1.165, 1.54) is 0 Å². The van der Waals surface area contributed by atoms with Crippen molar-refractivity contribution in [2.24, 2.45) is 11.8 Å². The molecule has 1 aromatic rings. The Balaban J connectivity index is 2.96. The summed E-state index contributed by atoms with van der Waals surface area (Å²) in [6, 6.07) is 0. The number of carboxylic acid groups (broad SMARTS) is 1. The highest BCUT2D eigenvalue weighted by atomic mass is 79.9. The predicted octanol–water partition coefficient (Wildman–Crippen LogP) is 3.13. The average Bonchev–Trinajstić information content (AvgIpc) is 2.65. The molecule has 0 bridgehead atoms. The number of aromatic nitrogens is 2. The first kappa shape index (κ1) is 15.2. The molecule has 18 heavy (non-hydrogen) atoms. The van der Waals surface area contributed by atoms with E-state index in [-0.39, 0.29) is 11.8 Å². The minimum absolute atomic E-state index is 0.0884. The lowest BCUT2D eigenvalue weighted by atomic mass is 9.91. The summed E-state index contributed by atoms with van der Waals surface area (Å²) in [6.07, 6.45) is 1.61. The third kappa shape index (κ3) is 3.13. The number of carboxylic acids is 1. The molecule has 0 aromatic carbocycles. The summed E-state index contributed by atoms with van der Waals surface area (Å²) >= 11 is 3.59. The smallest absolute Gasteiger partial charge is 0.306 e. The molecule has 0 saturated carbocycles. The lowest BCUT2D eigenvalue weighted by Gasteiger charge is -2.16. The largest absolute Gasteiger partial charge is 0.481 e. The molecule has 1 rings (SSSR count). The summed E-state index contributed by atoms with van der Waals surface area (Å²) in [4.78, 5) is 11.0. The molecule has 102 valence electrons. The molecule has 0 saturated heterocycles. The average molecular weight is 317 g/mol. The van der Waals surface area contributed by atoms with Crippen LogP contribution in [0.25, 0.3) is 0 Å². The second-order valence-electron chi connectivity index (χ2n) is 4.69. The zero-order valence-corrected chi connectivity index (χ0v) is 13.0. The Morgan fingerprint density at radius 2 is 2.06 bits per heavy atom. The maximum Gasteiger partial charge on any atom is 0.306 e. The Morgan fingerprint density at radius 3 is 2.50 bits per heavy atom. The fourth-order valence-electron chi connectivity index (χ4n) is 1.94. The first-order valence-electron chi connectivity index (χ1n) is 6.39. The van der Waals surface area contributed by atoms with Gasteiger partial charge in [0.1, 0.15) is 0 Å². The summed E-state index contributed by atoms with van der Waals surface area (Å²) in [7, 11) is 0. The molecule has 0 spiro atoms. The van der Waals surface area contributed by atoms with Crippen LogP contribution in [0.2, 0.25) is 0 Å². The van der Waals surface area contributed by atoms with E-state index >= 15 is 0 Å². The molecule has 0 aliphatic heterocycles. The SMILES string of the molecule is CCc1nn(CC)c(CC(C)C(C)C(=O)O)c1Br. The van der Waals surface area contributed by atoms with Crippen LogP contribution in [0, 0.1) is 11.8 Å². The van der Waals surface area contributed by atoms with Gasteiger partial charge in [-0.05, 0) is 41.6 Å². The highest BCUT2D eigenvalue weighted by molar-refractivity contribution is 9.10. The standard InChI is InChI=1S/C13H21BrN2O2/c1-5-10-12(14)11(16(6-2)15-10)7-8(3)9(4)13(17)18/h8-9H,5-7H2,1-4H3,(H,17,18). The summed E-state index contributed by atoms with van der Waals surface area (Å²) in [5.41, 5.74) is 2.15. The Labute approximate surface area is 117 Å². The maximum absolute atomic E-state index is 11.0. The van der Waals surface area contributed by atoms with Gasteiger partial charge in [-0.2, -0.15) is 5.10 Å². The number of halogens is 1. The van der Waals surface area contributed by atoms with Gasteiger partial charge in [0.15, 0.2) is 0 Å². The van der Waals surface area contributed by atoms with Crippen molar-refractivity contribution >= 4 is 21.9 Å². The molecule has 2 unspecified atom stereocenters. The van der Waals surface area contributed by atoms with E-state index in [1.807, 2.05) is 18.5 Å². The summed E-state index contributed by atoms with van der Waals surface area (Å²) < 4.78 is 3.00. The first-order valence-corrected chi connectivity index (χ1v) is 7.18. The molecule has 0 aliphatic carbocycles. The normalized spacial score (nSPS) is 14.5. The zero-order valence-electron chi connectivity index (χ0n) is 11.4. The van der Waals surface area contributed by atoms with Gasteiger partial charge in [-0.15, -0.1) is 0 Å². The van der Waals surface area contributed by atoms with Crippen molar-refractivity contribution in [3.05, 3.63) is 15.9 Å². The molecule has 1 heterocycles. The van der Waals surface area contributed by atoms with Gasteiger partial charge in [-0.3, -0.25) is 9.48 Å². The fourth-order valence-corrected chi connectivity index (χ4v) is 2.66. The monoisotopic (exact) mass is 316 g/mol. The molecular formula is C13H21BrN2O2. The van der Waals surface area contributed by atoms with Crippen LogP contribution in [0.4, 0.5) is 0 Å². The molecule has 0 radical (unpaired) electrons. The van der Waals surface area contributed by atoms with Gasteiger partial charge >= 0.3 is 5.97 Å². The zero-order chi connectivity index (χ0) is 13.9. The van der Waals surface area contributed by atoms with Gasteiger partial charge in [0.05, 0.1) is 21.8 Å². The van der Waals surface area contributed by atoms with Crippen molar-refractivity contribution in [2.75, 3.05) is 0 Å². The highest BCUT2D eigenvalue weighted by Gasteiger charge is 2.23. The van der Waals surface area contributed by atoms with E-state index in [0.29, 0.717) is 0 Å². The van der Waals surface area contributed by atoms with Crippen LogP contribution in [-0.4, -0.2) is 20.9 Å². The van der Waals surface area contributed by atoms with Gasteiger partial charge in [-0.1, -0.05) is 20.8 Å². The number of hydrogen-bond donors (Lipinski definition) is 1. The van der Waals surface area contributed by atoms with Gasteiger partial charge in [-0.25, -0.2) is 0 Å². The molecule has 0 aliphatic rings. The second-order valence-corrected chi connectivity index (χ2v) is 5.48. The molecular weight excluding hydrogens is 296 g/mol. The van der Waals surface area contributed by atoms with Crippen LogP contribution in [0.15, 0.2) is 4.47 Å². The number of hydrogen-bond acceptors (Lipinski definition) is 2. The van der Waals surface area contributed by atoms with E-state index < -0.39 is 5.97 Å². The minimum Gasteiger partial charge on any atom is -0.481 e. The number of rotatable bonds is 6. The van der Waals surface area contributed by atoms with Crippen LogP contribution >= 0.6 is 15.9 Å². The van der Waals surface area contributed by atoms with Gasteiger partial charge in [0.25, 0.3) is 0 Å². The third-order valence-corrected chi connectivity index (χ3v) is 4.37. The number of carbonyl (C=O) groups is 1. The van der Waals surface area contributed by atoms with Crippen LogP contribution in [0.5, 0.6) is 0 Å². The van der Waals surface area contributed by atoms with Crippen LogP contribution < -0.4 is 0 Å². The van der Waals surface area contributed by atoms with E-state index in [4.69, 9.17) is 5.11 Å². The molecule has 0 fully saturated rings. The lowest BCUT2D eigenvalue weighted by Crippen LogP contribution is -2.21. The molecule has 1 aromatic heterocycles. The van der Waals surface area contributed by atoms with Crippen molar-refractivity contribution in [3.8, 4) is 0 Å². The van der Waals surface area contributed by atoms with Crippen molar-refractivity contribution in [2.45, 2.75) is 47.1 Å². The van der Waals surface area contributed by atoms with E-state index in [0.717, 1.165) is 35.2 Å². The first-order chi connectivity index (χ1) is 8.42. The van der Waals surface area contributed by atoms with Crippen LogP contribution in [0.3, 0.4) is 0 Å². The molecule has 4 nitrogen and oxygen atoms in total. The second kappa shape index (κ2) is 6.36. The number of nitrogens with zero attached hydrogens (tertiary/aromatic N) is 2. The minimum atomic E-state index is -0.739. The van der Waals surface area contributed by atoms with Crippen molar-refractivity contribution in [3.63, 3.8) is 0 Å². The predicted molar refractivity (Wildman–Crippen MR) is 74.6 cm³/mol. The summed E-state index contributed by atoms with van der Waals surface area (Å²) in [6.45, 7) is 8.66. The third-order valence-electron chi connectivity index (χ3n) is 3.45. The number of aryl methyl sites for hydroxylation is 2. The Hall–Kier alpha value is -0.840. The number of aliphatic carboxylic acids is 1. The summed E-state index contributed by atoms with van der Waals surface area (Å²) in [5, 5.41) is 13.6. The Morgan fingerprint density at radius 1 is 1.44 bits per heavy atom. The van der Waals surface area contributed by atoms with Crippen molar-refractivity contribution < 1.29 is 9.90 Å². The summed E-state index contributed by atoms with van der Waals surface area (Å²) in [5.74, 6) is -0.996. The lowest BCUT2D eigenvalue weighted by molar-refractivity contribution is -0.142. The molecule has 1 N–H and O–H groups in total. The molecule has 5 heteroatoms. The van der Waals surface area contributed by atoms with Gasteiger partial charge < -0.3 is 5.11 Å². The van der Waals surface area contributed by atoms with E-state index in [2.05, 4.69) is 28.0 Å². The Bertz CT molecular complexity index is 429. The maximum atomic E-state index is 11.0. The topological polar surface area (TPSA) is 55.1 Å². The van der Waals surface area contributed by atoms with E-state index in [1.54, 1.807) is 6.92 Å². The van der Waals surface area contributed by atoms with Crippen LogP contribution in [-0.2, 0) is 24.2 Å². The quantitative estimate of drug-likeness (QED) is 0.877. The van der Waals surface area contributed by atoms with Gasteiger partial charge in [0.2, 0.25) is 0 Å². The Kier molecular flexibility index (Phi) is 5.38. The van der Waals surface area contributed by atoms with E-state index in [9.17, 15) is 4.79 Å². The molecule has 2 atom stereocenters. The fraction of sp³-hybridized carbons (Fsp3) is 0.692. The van der Waals surface area contributed by atoms with Crippen molar-refractivity contribution in [1.29, 1.82) is 0 Å². The van der Waals surface area contributed by atoms with Gasteiger partial charge in [0, 0.05) is 6.54 Å².